The second-order valence-corrected chi connectivity index (χ2v) is 7.78. The summed E-state index contributed by atoms with van der Waals surface area (Å²) in [6.45, 7) is 6.72. The van der Waals surface area contributed by atoms with E-state index >= 15 is 0 Å². The van der Waals surface area contributed by atoms with Gasteiger partial charge >= 0.3 is 96.7 Å². The standard InChI is InChI=1S/C8H13Si.2CH3O.Ti/c1-5-4-8(9)7(3)6(5)2;2*1-2;/h5H,1-3,9H3;2*1H3;/q;2*-1;+2. The fraction of sp³-hybridized carbons (Fsp3) is 0.600. The van der Waals surface area contributed by atoms with Crippen molar-refractivity contribution in [2.24, 2.45) is 5.92 Å². The Kier molecular flexibility index (Phi) is 4.34. The van der Waals surface area contributed by atoms with Crippen LogP contribution in [0.25, 0.3) is 0 Å². The van der Waals surface area contributed by atoms with Crippen molar-refractivity contribution in [2.45, 2.75) is 20.8 Å². The first-order chi connectivity index (χ1) is 6.54. The molecule has 1 rings (SSSR count). The molecule has 0 aliphatic heterocycles. The van der Waals surface area contributed by atoms with Gasteiger partial charge in [0.05, 0.1) is 0 Å². The quantitative estimate of drug-likeness (QED) is 0.700. The summed E-state index contributed by atoms with van der Waals surface area (Å²) in [6, 6.07) is 0. The number of hydrogen-bond donors (Lipinski definition) is 0. The molecule has 4 heteroatoms. The van der Waals surface area contributed by atoms with E-state index in [2.05, 4.69) is 20.8 Å². The van der Waals surface area contributed by atoms with Crippen LogP contribution in [0.3, 0.4) is 0 Å². The van der Waals surface area contributed by atoms with Crippen molar-refractivity contribution >= 4 is 10.2 Å². The van der Waals surface area contributed by atoms with Crippen LogP contribution in [0.1, 0.15) is 20.8 Å². The molecule has 79 valence electrons. The summed E-state index contributed by atoms with van der Waals surface area (Å²) in [5.41, 5.74) is 2.99. The molecule has 1 unspecified atom stereocenters. The Morgan fingerprint density at radius 3 is 2.00 bits per heavy atom. The molecule has 0 aromatic heterocycles. The van der Waals surface area contributed by atoms with E-state index in [1.54, 1.807) is 14.2 Å². The first kappa shape index (κ1) is 12.4. The van der Waals surface area contributed by atoms with Crippen molar-refractivity contribution in [1.82, 2.24) is 0 Å². The molecular weight excluding hydrogens is 228 g/mol. The Labute approximate surface area is 96.6 Å². The van der Waals surface area contributed by atoms with Gasteiger partial charge in [-0.3, -0.25) is 0 Å². The molecule has 0 fully saturated rings. The molecule has 0 spiro atoms. The molecular formula is C10H19O2SiTi. The summed E-state index contributed by atoms with van der Waals surface area (Å²) in [6.07, 6.45) is 0. The summed E-state index contributed by atoms with van der Waals surface area (Å²) >= 11 is -1.85. The van der Waals surface area contributed by atoms with Gasteiger partial charge in [0.15, 0.2) is 0 Å². The molecule has 0 N–H and O–H groups in total. The van der Waals surface area contributed by atoms with Crippen LogP contribution in [0.15, 0.2) is 20.2 Å². The predicted octanol–water partition coefficient (Wildman–Crippen LogP) is 1.29. The third kappa shape index (κ3) is 1.97. The molecule has 1 aliphatic rings. The van der Waals surface area contributed by atoms with E-state index in [4.69, 9.17) is 6.64 Å². The van der Waals surface area contributed by atoms with Crippen LogP contribution in [-0.2, 0) is 25.3 Å². The van der Waals surface area contributed by atoms with Crippen LogP contribution in [0.2, 0.25) is 0 Å². The molecule has 0 radical (unpaired) electrons. The third-order valence-corrected chi connectivity index (χ3v) is 8.41. The monoisotopic (exact) mass is 247 g/mol. The van der Waals surface area contributed by atoms with Gasteiger partial charge < -0.3 is 0 Å². The van der Waals surface area contributed by atoms with Gasteiger partial charge in [-0.1, -0.05) is 0 Å². The van der Waals surface area contributed by atoms with Gasteiger partial charge in [-0.25, -0.2) is 0 Å². The normalized spacial score (nSPS) is 22.5. The third-order valence-electron chi connectivity index (χ3n) is 3.23. The molecule has 0 bridgehead atoms. The molecule has 1 atom stereocenters. The van der Waals surface area contributed by atoms with E-state index < -0.39 is 18.6 Å². The Morgan fingerprint density at radius 2 is 1.71 bits per heavy atom. The summed E-state index contributed by atoms with van der Waals surface area (Å²) < 4.78 is 12.5. The second-order valence-electron chi connectivity index (χ2n) is 3.76. The van der Waals surface area contributed by atoms with Gasteiger partial charge in [-0.05, 0) is 0 Å². The number of rotatable bonds is 3. The van der Waals surface area contributed by atoms with Gasteiger partial charge in [0, 0.05) is 0 Å². The van der Waals surface area contributed by atoms with E-state index in [1.165, 1.54) is 20.2 Å². The molecule has 0 amide bonds. The van der Waals surface area contributed by atoms with Gasteiger partial charge in [-0.15, -0.1) is 0 Å². The minimum absolute atomic E-state index is 0.553. The van der Waals surface area contributed by atoms with Gasteiger partial charge in [0.1, 0.15) is 0 Å². The van der Waals surface area contributed by atoms with Crippen molar-refractivity contribution in [2.75, 3.05) is 14.2 Å². The minimum atomic E-state index is -1.85. The number of allylic oxidation sites excluding steroid dienone is 4. The molecule has 0 heterocycles. The maximum atomic E-state index is 5.50. The zero-order valence-electron chi connectivity index (χ0n) is 9.89. The van der Waals surface area contributed by atoms with E-state index in [1.807, 2.05) is 0 Å². The van der Waals surface area contributed by atoms with E-state index in [0.717, 1.165) is 10.2 Å². The van der Waals surface area contributed by atoms with E-state index in [9.17, 15) is 0 Å². The zero-order valence-corrected chi connectivity index (χ0v) is 13.5. The topological polar surface area (TPSA) is 18.5 Å². The molecule has 0 saturated heterocycles. The Bertz CT molecular complexity index is 292. The van der Waals surface area contributed by atoms with E-state index in [-0.39, 0.29) is 0 Å². The van der Waals surface area contributed by atoms with E-state index in [0.29, 0.717) is 5.92 Å². The van der Waals surface area contributed by atoms with Crippen molar-refractivity contribution in [1.29, 1.82) is 0 Å². The average Bonchev–Trinajstić information content (AvgIpc) is 2.37. The van der Waals surface area contributed by atoms with Crippen molar-refractivity contribution in [3.05, 3.63) is 20.2 Å². The summed E-state index contributed by atoms with van der Waals surface area (Å²) in [5, 5.41) is 1.54. The van der Waals surface area contributed by atoms with Crippen LogP contribution in [0, 0.1) is 5.92 Å². The Morgan fingerprint density at radius 1 is 1.21 bits per heavy atom. The molecule has 0 aromatic rings. The van der Waals surface area contributed by atoms with Gasteiger partial charge in [0.25, 0.3) is 0 Å². The van der Waals surface area contributed by atoms with Crippen molar-refractivity contribution in [3.8, 4) is 0 Å². The predicted molar refractivity (Wildman–Crippen MR) is 58.5 cm³/mol. The second kappa shape index (κ2) is 4.90. The molecule has 1 aliphatic carbocycles. The van der Waals surface area contributed by atoms with Crippen LogP contribution < -0.4 is 0 Å². The fourth-order valence-corrected chi connectivity index (χ4v) is 6.27. The molecule has 0 saturated carbocycles. The fourth-order valence-electron chi connectivity index (χ4n) is 2.00. The number of hydrogen-bond acceptors (Lipinski definition) is 2. The zero-order chi connectivity index (χ0) is 10.9. The molecule has 2 nitrogen and oxygen atoms in total. The maximum absolute atomic E-state index is 5.50. The van der Waals surface area contributed by atoms with Gasteiger partial charge in [0.2, 0.25) is 0 Å². The first-order valence-electron chi connectivity index (χ1n) is 4.88. The van der Waals surface area contributed by atoms with Crippen molar-refractivity contribution in [3.63, 3.8) is 0 Å². The molecule has 0 aromatic carbocycles. The van der Waals surface area contributed by atoms with Crippen LogP contribution >= 0.6 is 0 Å². The Hall–Kier alpha value is 0.331. The molecule has 14 heavy (non-hydrogen) atoms. The van der Waals surface area contributed by atoms with Crippen LogP contribution in [-0.4, -0.2) is 24.5 Å². The first-order valence-corrected chi connectivity index (χ1v) is 7.94. The average molecular weight is 247 g/mol. The summed E-state index contributed by atoms with van der Waals surface area (Å²) in [5.74, 6) is 0.553. The summed E-state index contributed by atoms with van der Waals surface area (Å²) in [4.78, 5) is 0. The Balaban J connectivity index is 3.03. The van der Waals surface area contributed by atoms with Crippen molar-refractivity contribution < 1.29 is 25.3 Å². The van der Waals surface area contributed by atoms with Crippen LogP contribution in [0.5, 0.6) is 0 Å². The summed E-state index contributed by atoms with van der Waals surface area (Å²) in [7, 11) is 4.66. The SMILES string of the molecule is C[O][Ti]([O]C)[C]1=C([SiH3])C(C)=C(C)C1C. The van der Waals surface area contributed by atoms with Crippen LogP contribution in [0.4, 0.5) is 0 Å². The van der Waals surface area contributed by atoms with Gasteiger partial charge in [-0.2, -0.15) is 0 Å².